The lowest BCUT2D eigenvalue weighted by molar-refractivity contribution is 0.571. The van der Waals surface area contributed by atoms with Crippen LogP contribution in [0.4, 0.5) is 10.1 Å². The van der Waals surface area contributed by atoms with E-state index in [1.54, 1.807) is 16.9 Å². The zero-order chi connectivity index (χ0) is 15.0. The van der Waals surface area contributed by atoms with Crippen molar-refractivity contribution in [2.24, 2.45) is 7.05 Å². The first-order valence-corrected chi connectivity index (χ1v) is 7.72. The van der Waals surface area contributed by atoms with E-state index in [9.17, 15) is 4.39 Å². The van der Waals surface area contributed by atoms with Gasteiger partial charge in [-0.1, -0.05) is 13.8 Å². The summed E-state index contributed by atoms with van der Waals surface area (Å²) in [5, 5.41) is 4.15. The Morgan fingerprint density at radius 3 is 2.67 bits per heavy atom. The molecule has 2 aromatic rings. The van der Waals surface area contributed by atoms with E-state index in [0.29, 0.717) is 11.6 Å². The minimum Gasteiger partial charge on any atom is -0.368 e. The van der Waals surface area contributed by atoms with Crippen molar-refractivity contribution in [1.29, 1.82) is 0 Å². The maximum absolute atomic E-state index is 14.4. The first-order valence-electron chi connectivity index (χ1n) is 7.72. The molecule has 1 aliphatic rings. The molecule has 0 bridgehead atoms. The fourth-order valence-corrected chi connectivity index (χ4v) is 3.32. The van der Waals surface area contributed by atoms with E-state index in [-0.39, 0.29) is 5.82 Å². The molecule has 21 heavy (non-hydrogen) atoms. The van der Waals surface area contributed by atoms with Gasteiger partial charge in [0.2, 0.25) is 0 Å². The largest absolute Gasteiger partial charge is 0.368 e. The number of halogens is 1. The SMILES string of the molecule is CCC(CC)N1CCc2cc(F)c(-c3cnn(C)c3)cc21. The molecule has 0 spiro atoms. The highest BCUT2D eigenvalue weighted by Gasteiger charge is 2.26. The number of anilines is 1. The lowest BCUT2D eigenvalue weighted by Crippen LogP contribution is -2.32. The summed E-state index contributed by atoms with van der Waals surface area (Å²) in [5.41, 5.74) is 3.82. The van der Waals surface area contributed by atoms with Gasteiger partial charge in [-0.25, -0.2) is 4.39 Å². The molecule has 0 unspecified atom stereocenters. The highest BCUT2D eigenvalue weighted by Crippen LogP contribution is 2.36. The topological polar surface area (TPSA) is 21.1 Å². The van der Waals surface area contributed by atoms with Crippen molar-refractivity contribution < 1.29 is 4.39 Å². The van der Waals surface area contributed by atoms with Crippen molar-refractivity contribution in [3.63, 3.8) is 0 Å². The van der Waals surface area contributed by atoms with E-state index in [1.807, 2.05) is 19.3 Å². The Hall–Kier alpha value is -1.84. The molecule has 0 atom stereocenters. The molecule has 4 heteroatoms. The Balaban J connectivity index is 2.04. The predicted molar refractivity (Wildman–Crippen MR) is 84.0 cm³/mol. The molecule has 1 aliphatic heterocycles. The van der Waals surface area contributed by atoms with Gasteiger partial charge in [-0.05, 0) is 37.0 Å². The minimum absolute atomic E-state index is 0.145. The smallest absolute Gasteiger partial charge is 0.131 e. The van der Waals surface area contributed by atoms with E-state index >= 15 is 0 Å². The molecule has 0 N–H and O–H groups in total. The van der Waals surface area contributed by atoms with Gasteiger partial charge in [0, 0.05) is 42.6 Å². The third kappa shape index (κ3) is 2.43. The second-order valence-corrected chi connectivity index (χ2v) is 5.78. The van der Waals surface area contributed by atoms with Crippen LogP contribution in [0.2, 0.25) is 0 Å². The number of rotatable bonds is 4. The molecule has 0 fully saturated rings. The maximum Gasteiger partial charge on any atom is 0.131 e. The summed E-state index contributed by atoms with van der Waals surface area (Å²) in [7, 11) is 1.85. The number of fused-ring (bicyclic) bond motifs is 1. The van der Waals surface area contributed by atoms with Crippen LogP contribution in [0.3, 0.4) is 0 Å². The quantitative estimate of drug-likeness (QED) is 0.853. The minimum atomic E-state index is -0.145. The molecule has 1 aromatic carbocycles. The van der Waals surface area contributed by atoms with Crippen LogP contribution in [0.1, 0.15) is 32.3 Å². The Morgan fingerprint density at radius 1 is 1.29 bits per heavy atom. The predicted octanol–water partition coefficient (Wildman–Crippen LogP) is 3.78. The second-order valence-electron chi connectivity index (χ2n) is 5.78. The first-order chi connectivity index (χ1) is 10.1. The number of hydrogen-bond donors (Lipinski definition) is 0. The monoisotopic (exact) mass is 287 g/mol. The van der Waals surface area contributed by atoms with Crippen molar-refractivity contribution in [2.45, 2.75) is 39.2 Å². The van der Waals surface area contributed by atoms with E-state index in [2.05, 4.69) is 23.8 Å². The van der Waals surface area contributed by atoms with Gasteiger partial charge in [-0.15, -0.1) is 0 Å². The van der Waals surface area contributed by atoms with Crippen molar-refractivity contribution in [1.82, 2.24) is 9.78 Å². The normalized spacial score (nSPS) is 14.0. The van der Waals surface area contributed by atoms with Gasteiger partial charge < -0.3 is 4.90 Å². The van der Waals surface area contributed by atoms with Gasteiger partial charge in [0.1, 0.15) is 5.82 Å². The molecular weight excluding hydrogens is 265 g/mol. The van der Waals surface area contributed by atoms with Crippen molar-refractivity contribution >= 4 is 5.69 Å². The maximum atomic E-state index is 14.4. The van der Waals surface area contributed by atoms with E-state index < -0.39 is 0 Å². The molecule has 3 rings (SSSR count). The summed E-state index contributed by atoms with van der Waals surface area (Å²) in [6, 6.07) is 4.26. The highest BCUT2D eigenvalue weighted by molar-refractivity contribution is 5.72. The molecular formula is C17H22FN3. The molecule has 0 saturated carbocycles. The van der Waals surface area contributed by atoms with Crippen LogP contribution in [0.25, 0.3) is 11.1 Å². The van der Waals surface area contributed by atoms with Gasteiger partial charge in [0.15, 0.2) is 0 Å². The van der Waals surface area contributed by atoms with Gasteiger partial charge in [-0.3, -0.25) is 4.68 Å². The van der Waals surface area contributed by atoms with Crippen molar-refractivity contribution in [3.8, 4) is 11.1 Å². The number of aromatic nitrogens is 2. The average molecular weight is 287 g/mol. The van der Waals surface area contributed by atoms with Crippen LogP contribution in [-0.4, -0.2) is 22.4 Å². The van der Waals surface area contributed by atoms with Gasteiger partial charge in [0.25, 0.3) is 0 Å². The zero-order valence-corrected chi connectivity index (χ0v) is 12.9. The summed E-state index contributed by atoms with van der Waals surface area (Å²) in [6.07, 6.45) is 6.77. The highest BCUT2D eigenvalue weighted by atomic mass is 19.1. The Bertz CT molecular complexity index is 643. The number of benzene rings is 1. The summed E-state index contributed by atoms with van der Waals surface area (Å²) in [5.74, 6) is -0.145. The van der Waals surface area contributed by atoms with Crippen LogP contribution >= 0.6 is 0 Å². The Labute approximate surface area is 125 Å². The van der Waals surface area contributed by atoms with Crippen LogP contribution in [-0.2, 0) is 13.5 Å². The summed E-state index contributed by atoms with van der Waals surface area (Å²) < 4.78 is 16.1. The van der Waals surface area contributed by atoms with Gasteiger partial charge >= 0.3 is 0 Å². The molecule has 0 amide bonds. The number of nitrogens with zero attached hydrogens (tertiary/aromatic N) is 3. The lowest BCUT2D eigenvalue weighted by Gasteiger charge is -2.29. The molecule has 0 aliphatic carbocycles. The van der Waals surface area contributed by atoms with Crippen LogP contribution < -0.4 is 4.90 Å². The number of hydrogen-bond acceptors (Lipinski definition) is 2. The second kappa shape index (κ2) is 5.51. The van der Waals surface area contributed by atoms with Crippen LogP contribution in [0, 0.1) is 5.82 Å². The van der Waals surface area contributed by atoms with Crippen molar-refractivity contribution in [2.75, 3.05) is 11.4 Å². The Morgan fingerprint density at radius 2 is 2.05 bits per heavy atom. The van der Waals surface area contributed by atoms with E-state index in [1.165, 1.54) is 5.69 Å². The molecule has 0 saturated heterocycles. The summed E-state index contributed by atoms with van der Waals surface area (Å²) >= 11 is 0. The fourth-order valence-electron chi connectivity index (χ4n) is 3.32. The fraction of sp³-hybridized carbons (Fsp3) is 0.471. The van der Waals surface area contributed by atoms with Crippen LogP contribution in [0.5, 0.6) is 0 Å². The number of aryl methyl sites for hydroxylation is 1. The van der Waals surface area contributed by atoms with Gasteiger partial charge in [-0.2, -0.15) is 5.10 Å². The third-order valence-electron chi connectivity index (χ3n) is 4.50. The molecule has 2 heterocycles. The van der Waals surface area contributed by atoms with Gasteiger partial charge in [0.05, 0.1) is 6.20 Å². The summed E-state index contributed by atoms with van der Waals surface area (Å²) in [4.78, 5) is 2.44. The van der Waals surface area contributed by atoms with Crippen molar-refractivity contribution in [3.05, 3.63) is 35.9 Å². The molecule has 0 radical (unpaired) electrons. The lowest BCUT2D eigenvalue weighted by atomic mass is 10.0. The standard InChI is InChI=1S/C17H22FN3/c1-4-14(5-2)21-7-6-12-8-16(18)15(9-17(12)21)13-10-19-20(3)11-13/h8-11,14H,4-7H2,1-3H3. The van der Waals surface area contributed by atoms with E-state index in [0.717, 1.165) is 36.9 Å². The molecule has 112 valence electrons. The zero-order valence-electron chi connectivity index (χ0n) is 12.9. The third-order valence-corrected chi connectivity index (χ3v) is 4.50. The summed E-state index contributed by atoms with van der Waals surface area (Å²) in [6.45, 7) is 5.44. The average Bonchev–Trinajstić information content (AvgIpc) is 3.06. The van der Waals surface area contributed by atoms with E-state index in [4.69, 9.17) is 0 Å². The van der Waals surface area contributed by atoms with Crippen LogP contribution in [0.15, 0.2) is 24.5 Å². The molecule has 3 nitrogen and oxygen atoms in total. The Kier molecular flexibility index (Phi) is 3.70. The molecule has 1 aromatic heterocycles. The first kappa shape index (κ1) is 14.1.